The third kappa shape index (κ3) is 6.06. The second-order valence-electron chi connectivity index (χ2n) is 6.75. The molecule has 3 N–H and O–H groups in total. The number of hydrogen-bond donors (Lipinski definition) is 3. The van der Waals surface area contributed by atoms with E-state index in [2.05, 4.69) is 16.0 Å². The van der Waals surface area contributed by atoms with Crippen molar-refractivity contribution in [3.8, 4) is 0 Å². The van der Waals surface area contributed by atoms with E-state index in [4.69, 9.17) is 4.74 Å². The number of hydrogen-bond acceptors (Lipinski definition) is 4. The highest BCUT2D eigenvalue weighted by atomic mass is 16.5. The Balaban J connectivity index is 1.86. The molecule has 1 atom stereocenters. The number of amides is 3. The van der Waals surface area contributed by atoms with Crippen LogP contribution in [0.5, 0.6) is 0 Å². The zero-order chi connectivity index (χ0) is 19.1. The Hall–Kier alpha value is -2.57. The zero-order valence-electron chi connectivity index (χ0n) is 15.5. The Labute approximate surface area is 153 Å². The van der Waals surface area contributed by atoms with E-state index in [0.29, 0.717) is 18.2 Å². The van der Waals surface area contributed by atoms with Crippen molar-refractivity contribution >= 4 is 17.9 Å². The van der Waals surface area contributed by atoms with Crippen LogP contribution in [0.25, 0.3) is 0 Å². The Bertz CT molecular complexity index is 639. The molecule has 2 rings (SSSR count). The minimum Gasteiger partial charge on any atom is -0.450 e. The molecule has 1 fully saturated rings. The highest BCUT2D eigenvalue weighted by molar-refractivity contribution is 5.94. The Morgan fingerprint density at radius 2 is 1.81 bits per heavy atom. The Morgan fingerprint density at radius 1 is 1.15 bits per heavy atom. The van der Waals surface area contributed by atoms with Crippen LogP contribution in [0.15, 0.2) is 24.3 Å². The lowest BCUT2D eigenvalue weighted by Gasteiger charge is -2.21. The summed E-state index contributed by atoms with van der Waals surface area (Å²) >= 11 is 0. The summed E-state index contributed by atoms with van der Waals surface area (Å²) in [6.45, 7) is 5.97. The fourth-order valence-corrected chi connectivity index (χ4v) is 2.40. The van der Waals surface area contributed by atoms with Gasteiger partial charge in [-0.3, -0.25) is 9.59 Å². The summed E-state index contributed by atoms with van der Waals surface area (Å²) in [5.74, 6) is -0.418. The molecule has 0 radical (unpaired) electrons. The van der Waals surface area contributed by atoms with Gasteiger partial charge in [0.25, 0.3) is 5.91 Å². The lowest BCUT2D eigenvalue weighted by molar-refractivity contribution is -0.124. The third-order valence-corrected chi connectivity index (χ3v) is 4.09. The van der Waals surface area contributed by atoms with Gasteiger partial charge in [-0.1, -0.05) is 26.0 Å². The van der Waals surface area contributed by atoms with Crippen molar-refractivity contribution in [3.63, 3.8) is 0 Å². The topological polar surface area (TPSA) is 96.5 Å². The maximum absolute atomic E-state index is 12.4. The van der Waals surface area contributed by atoms with Gasteiger partial charge in [-0.15, -0.1) is 0 Å². The van der Waals surface area contributed by atoms with E-state index in [1.807, 2.05) is 26.0 Å². The number of benzene rings is 1. The molecular weight excluding hydrogens is 334 g/mol. The third-order valence-electron chi connectivity index (χ3n) is 4.09. The van der Waals surface area contributed by atoms with Gasteiger partial charge in [0, 0.05) is 18.2 Å². The van der Waals surface area contributed by atoms with Crippen LogP contribution in [0.1, 0.15) is 49.5 Å². The highest BCUT2D eigenvalue weighted by Crippen LogP contribution is 2.19. The molecule has 26 heavy (non-hydrogen) atoms. The van der Waals surface area contributed by atoms with Crippen molar-refractivity contribution in [2.45, 2.75) is 52.2 Å². The number of rotatable bonds is 8. The Kier molecular flexibility index (Phi) is 7.00. The van der Waals surface area contributed by atoms with E-state index in [9.17, 15) is 14.4 Å². The number of carbonyl (C=O) groups excluding carboxylic acids is 3. The molecule has 0 spiro atoms. The standard InChI is InChI=1S/C19H27N3O4/c1-4-26-19(25)22-16(12(2)3)18(24)20-11-13-5-7-14(8-6-13)17(23)21-15-9-10-15/h5-8,12,15-16H,4,9-11H2,1-3H3,(H,20,24)(H,21,23)(H,22,25). The summed E-state index contributed by atoms with van der Waals surface area (Å²) in [5.41, 5.74) is 1.48. The molecule has 7 heteroatoms. The zero-order valence-corrected chi connectivity index (χ0v) is 15.5. The molecule has 0 bridgehead atoms. The largest absolute Gasteiger partial charge is 0.450 e. The maximum Gasteiger partial charge on any atom is 0.407 e. The van der Waals surface area contributed by atoms with Gasteiger partial charge in [-0.05, 0) is 43.4 Å². The summed E-state index contributed by atoms with van der Waals surface area (Å²) in [7, 11) is 0. The van der Waals surface area contributed by atoms with Crippen LogP contribution in [0.3, 0.4) is 0 Å². The van der Waals surface area contributed by atoms with Crippen molar-refractivity contribution in [3.05, 3.63) is 35.4 Å². The van der Waals surface area contributed by atoms with Gasteiger partial charge in [-0.2, -0.15) is 0 Å². The Morgan fingerprint density at radius 3 is 2.35 bits per heavy atom. The average Bonchev–Trinajstić information content (AvgIpc) is 3.42. The van der Waals surface area contributed by atoms with Gasteiger partial charge in [0.2, 0.25) is 5.91 Å². The van der Waals surface area contributed by atoms with Crippen LogP contribution < -0.4 is 16.0 Å². The molecule has 7 nitrogen and oxygen atoms in total. The first-order chi connectivity index (χ1) is 12.4. The molecule has 142 valence electrons. The summed E-state index contributed by atoms with van der Waals surface area (Å²) < 4.78 is 4.83. The van der Waals surface area contributed by atoms with Crippen LogP contribution >= 0.6 is 0 Å². The number of ether oxygens (including phenoxy) is 1. The van der Waals surface area contributed by atoms with Gasteiger partial charge in [0.05, 0.1) is 6.61 Å². The molecule has 3 amide bonds. The molecule has 1 aromatic carbocycles. The number of alkyl carbamates (subject to hydrolysis) is 1. The van der Waals surface area contributed by atoms with Crippen LogP contribution in [0, 0.1) is 5.92 Å². The fourth-order valence-electron chi connectivity index (χ4n) is 2.40. The summed E-state index contributed by atoms with van der Waals surface area (Å²) in [6, 6.07) is 6.77. The number of nitrogens with one attached hydrogen (secondary N) is 3. The molecule has 1 aliphatic rings. The van der Waals surface area contributed by atoms with Gasteiger partial charge in [0.1, 0.15) is 6.04 Å². The second kappa shape index (κ2) is 9.22. The van der Waals surface area contributed by atoms with E-state index >= 15 is 0 Å². The first kappa shape index (κ1) is 19.8. The molecule has 1 aliphatic carbocycles. The smallest absolute Gasteiger partial charge is 0.407 e. The first-order valence-electron chi connectivity index (χ1n) is 9.01. The van der Waals surface area contributed by atoms with Crippen LogP contribution in [-0.2, 0) is 16.1 Å². The summed E-state index contributed by atoms with van der Waals surface area (Å²) in [4.78, 5) is 35.9. The monoisotopic (exact) mass is 361 g/mol. The molecule has 1 aromatic rings. The predicted octanol–water partition coefficient (Wildman–Crippen LogP) is 1.97. The van der Waals surface area contributed by atoms with E-state index in [-0.39, 0.29) is 24.3 Å². The van der Waals surface area contributed by atoms with Gasteiger partial charge < -0.3 is 20.7 Å². The predicted molar refractivity (Wildman–Crippen MR) is 97.6 cm³/mol. The lowest BCUT2D eigenvalue weighted by Crippen LogP contribution is -2.49. The van der Waals surface area contributed by atoms with Crippen molar-refractivity contribution in [2.75, 3.05) is 6.61 Å². The van der Waals surface area contributed by atoms with E-state index < -0.39 is 12.1 Å². The van der Waals surface area contributed by atoms with Crippen molar-refractivity contribution < 1.29 is 19.1 Å². The quantitative estimate of drug-likeness (QED) is 0.659. The lowest BCUT2D eigenvalue weighted by atomic mass is 10.0. The molecule has 1 saturated carbocycles. The van der Waals surface area contributed by atoms with Crippen LogP contribution in [-0.4, -0.2) is 36.6 Å². The second-order valence-corrected chi connectivity index (χ2v) is 6.75. The summed E-state index contributed by atoms with van der Waals surface area (Å²) in [5, 5.41) is 8.32. The summed E-state index contributed by atoms with van der Waals surface area (Å²) in [6.07, 6.45) is 1.49. The first-order valence-corrected chi connectivity index (χ1v) is 9.01. The molecular formula is C19H27N3O4. The highest BCUT2D eigenvalue weighted by Gasteiger charge is 2.25. The van der Waals surface area contributed by atoms with Crippen molar-refractivity contribution in [2.24, 2.45) is 5.92 Å². The van der Waals surface area contributed by atoms with Crippen molar-refractivity contribution in [1.82, 2.24) is 16.0 Å². The molecule has 0 aromatic heterocycles. The average molecular weight is 361 g/mol. The van der Waals surface area contributed by atoms with Gasteiger partial charge >= 0.3 is 6.09 Å². The van der Waals surface area contributed by atoms with Crippen LogP contribution in [0.4, 0.5) is 4.79 Å². The maximum atomic E-state index is 12.4. The minimum absolute atomic E-state index is 0.0680. The number of carbonyl (C=O) groups is 3. The fraction of sp³-hybridized carbons (Fsp3) is 0.526. The van der Waals surface area contributed by atoms with E-state index in [0.717, 1.165) is 18.4 Å². The molecule has 0 saturated heterocycles. The van der Waals surface area contributed by atoms with Crippen molar-refractivity contribution in [1.29, 1.82) is 0 Å². The van der Waals surface area contributed by atoms with E-state index in [1.54, 1.807) is 19.1 Å². The van der Waals surface area contributed by atoms with Gasteiger partial charge in [0.15, 0.2) is 0 Å². The SMILES string of the molecule is CCOC(=O)NC(C(=O)NCc1ccc(C(=O)NC2CC2)cc1)C(C)C. The minimum atomic E-state index is -0.669. The van der Waals surface area contributed by atoms with Gasteiger partial charge in [-0.25, -0.2) is 4.79 Å². The van der Waals surface area contributed by atoms with E-state index in [1.165, 1.54) is 0 Å². The molecule has 1 unspecified atom stereocenters. The molecule has 0 aliphatic heterocycles. The molecule has 0 heterocycles. The normalized spacial score (nSPS) is 14.5. The van der Waals surface area contributed by atoms with Crippen LogP contribution in [0.2, 0.25) is 0 Å².